The van der Waals surface area contributed by atoms with Crippen LogP contribution < -0.4 is 9.47 Å². The van der Waals surface area contributed by atoms with E-state index >= 15 is 0 Å². The number of thiazole rings is 1. The molecule has 0 aliphatic carbocycles. The van der Waals surface area contributed by atoms with Crippen molar-refractivity contribution in [3.8, 4) is 11.5 Å². The zero-order valence-corrected chi connectivity index (χ0v) is 23.8. The molecule has 0 spiro atoms. The topological polar surface area (TPSA) is 107 Å². The zero-order chi connectivity index (χ0) is 29.0. The second-order valence-electron chi connectivity index (χ2n) is 9.66. The maximum absolute atomic E-state index is 14.0. The summed E-state index contributed by atoms with van der Waals surface area (Å²) >= 11 is 1.53. The van der Waals surface area contributed by atoms with Gasteiger partial charge >= 0.3 is 5.97 Å². The van der Waals surface area contributed by atoms with Crippen LogP contribution in [-0.4, -0.2) is 39.1 Å². The summed E-state index contributed by atoms with van der Waals surface area (Å²) < 4.78 is 12.9. The summed E-state index contributed by atoms with van der Waals surface area (Å²) in [5, 5.41) is 12.8. The van der Waals surface area contributed by atoms with Crippen molar-refractivity contribution in [1.82, 2.24) is 9.38 Å². The summed E-state index contributed by atoms with van der Waals surface area (Å²) in [6, 6.07) is 10.1. The molecule has 0 bridgehead atoms. The fraction of sp³-hybridized carbons (Fsp3) is 0.290. The summed E-state index contributed by atoms with van der Waals surface area (Å²) in [5.74, 6) is -1.35. The van der Waals surface area contributed by atoms with Crippen molar-refractivity contribution in [2.24, 2.45) is 5.92 Å². The molecule has 9 heteroatoms. The molecule has 0 aliphatic heterocycles. The van der Waals surface area contributed by atoms with E-state index in [9.17, 15) is 19.5 Å². The van der Waals surface area contributed by atoms with Crippen LogP contribution >= 0.6 is 11.3 Å². The number of hydrogen-bond acceptors (Lipinski definition) is 7. The van der Waals surface area contributed by atoms with E-state index in [4.69, 9.17) is 9.47 Å². The molecule has 1 unspecified atom stereocenters. The van der Waals surface area contributed by atoms with Crippen molar-refractivity contribution in [1.29, 1.82) is 0 Å². The molecule has 4 rings (SSSR count). The molecule has 0 aliphatic rings. The number of allylic oxidation sites excluding steroid dienone is 1. The third-order valence-electron chi connectivity index (χ3n) is 6.68. The smallest absolute Gasteiger partial charge is 0.306 e. The number of aryl methyl sites for hydroxylation is 1. The summed E-state index contributed by atoms with van der Waals surface area (Å²) in [5.41, 5.74) is 2.81. The molecule has 0 saturated heterocycles. The number of rotatable bonds is 13. The summed E-state index contributed by atoms with van der Waals surface area (Å²) in [6.07, 6.45) is 2.75. The number of hydrogen-bond donors (Lipinski definition) is 1. The van der Waals surface area contributed by atoms with Gasteiger partial charge in [0, 0.05) is 23.2 Å². The van der Waals surface area contributed by atoms with E-state index in [-0.39, 0.29) is 41.4 Å². The number of aromatic nitrogens is 2. The molecule has 0 saturated carbocycles. The molecule has 40 heavy (non-hydrogen) atoms. The predicted molar refractivity (Wildman–Crippen MR) is 154 cm³/mol. The molecule has 3 aromatic heterocycles. The predicted octanol–water partition coefficient (Wildman–Crippen LogP) is 6.33. The van der Waals surface area contributed by atoms with E-state index in [1.165, 1.54) is 11.3 Å². The zero-order valence-electron chi connectivity index (χ0n) is 23.0. The number of Topliss-reactive ketones (excluding diaryl/α,β-unsaturated/α-hetero) is 1. The highest BCUT2D eigenvalue weighted by atomic mass is 32.1. The minimum atomic E-state index is -0.976. The van der Waals surface area contributed by atoms with Gasteiger partial charge in [-0.15, -0.1) is 11.3 Å². The first-order valence-corrected chi connectivity index (χ1v) is 13.8. The van der Waals surface area contributed by atoms with Crippen molar-refractivity contribution in [3.63, 3.8) is 0 Å². The van der Waals surface area contributed by atoms with Gasteiger partial charge in [-0.05, 0) is 68.2 Å². The lowest BCUT2D eigenvalue weighted by atomic mass is 9.89. The van der Waals surface area contributed by atoms with Gasteiger partial charge in [0.15, 0.2) is 5.78 Å². The lowest BCUT2D eigenvalue weighted by Crippen LogP contribution is -2.19. The van der Waals surface area contributed by atoms with Gasteiger partial charge in [0.05, 0.1) is 40.5 Å². The number of nitrogens with zero attached hydrogens (tertiary/aromatic N) is 2. The Bertz CT molecular complexity index is 1580. The van der Waals surface area contributed by atoms with Crippen LogP contribution in [0, 0.1) is 12.8 Å². The number of benzene rings is 1. The number of carbonyl (C=O) groups is 3. The van der Waals surface area contributed by atoms with E-state index in [1.807, 2.05) is 19.2 Å². The van der Waals surface area contributed by atoms with Crippen molar-refractivity contribution >= 4 is 34.4 Å². The summed E-state index contributed by atoms with van der Waals surface area (Å²) in [6.45, 7) is 9.52. The lowest BCUT2D eigenvalue weighted by molar-refractivity contribution is -0.141. The minimum Gasteiger partial charge on any atom is -0.497 e. The molecule has 0 amide bonds. The number of ether oxygens (including phenoxy) is 2. The Labute approximate surface area is 236 Å². The third kappa shape index (κ3) is 5.99. The molecule has 1 aromatic carbocycles. The number of ketones is 2. The van der Waals surface area contributed by atoms with Gasteiger partial charge in [-0.2, -0.15) is 0 Å². The first-order valence-electron chi connectivity index (χ1n) is 13.0. The Morgan fingerprint density at radius 3 is 2.45 bits per heavy atom. The van der Waals surface area contributed by atoms with Crippen molar-refractivity contribution in [3.05, 3.63) is 93.2 Å². The molecule has 4 aromatic rings. The van der Waals surface area contributed by atoms with Gasteiger partial charge < -0.3 is 19.0 Å². The Morgan fingerprint density at radius 1 is 1.15 bits per heavy atom. The van der Waals surface area contributed by atoms with E-state index in [0.29, 0.717) is 41.0 Å². The van der Waals surface area contributed by atoms with Crippen molar-refractivity contribution in [2.75, 3.05) is 7.11 Å². The monoisotopic (exact) mass is 560 g/mol. The third-order valence-corrected chi connectivity index (χ3v) is 7.51. The molecule has 0 radical (unpaired) electrons. The van der Waals surface area contributed by atoms with Gasteiger partial charge in [-0.25, -0.2) is 4.98 Å². The normalized spacial score (nSPS) is 11.8. The fourth-order valence-electron chi connectivity index (χ4n) is 4.71. The Balaban J connectivity index is 1.92. The molecule has 1 atom stereocenters. The summed E-state index contributed by atoms with van der Waals surface area (Å²) in [4.78, 5) is 44.2. The highest BCUT2D eigenvalue weighted by molar-refractivity contribution is 7.09. The molecule has 0 fully saturated rings. The van der Waals surface area contributed by atoms with Crippen LogP contribution in [0.5, 0.6) is 11.5 Å². The van der Waals surface area contributed by atoms with Crippen LogP contribution in [0.2, 0.25) is 0 Å². The van der Waals surface area contributed by atoms with E-state index in [1.54, 1.807) is 61.0 Å². The lowest BCUT2D eigenvalue weighted by Gasteiger charge is -2.14. The number of carboxylic acid groups (broad SMARTS) is 1. The van der Waals surface area contributed by atoms with Crippen LogP contribution in [0.1, 0.15) is 69.4 Å². The SMILES string of the molecule is C=C(C)C(=O)c1c(CC(CCC)C(=O)O)c(C(=O)c2ccc(OC)cc2)n2ccc(OCc3csc(C)n3)cc12. The largest absolute Gasteiger partial charge is 0.497 e. The van der Waals surface area contributed by atoms with E-state index in [2.05, 4.69) is 11.6 Å². The van der Waals surface area contributed by atoms with Crippen molar-refractivity contribution in [2.45, 2.75) is 46.6 Å². The molecule has 208 valence electrons. The fourth-order valence-corrected chi connectivity index (χ4v) is 5.30. The quantitative estimate of drug-likeness (QED) is 0.150. The van der Waals surface area contributed by atoms with Crippen LogP contribution in [0.25, 0.3) is 5.52 Å². The number of aliphatic carboxylic acids is 1. The number of carboxylic acids is 1. The highest BCUT2D eigenvalue weighted by Gasteiger charge is 2.31. The minimum absolute atomic E-state index is 0.0186. The van der Waals surface area contributed by atoms with Crippen LogP contribution in [0.3, 0.4) is 0 Å². The van der Waals surface area contributed by atoms with E-state index < -0.39 is 11.9 Å². The van der Waals surface area contributed by atoms with Crippen LogP contribution in [0.4, 0.5) is 0 Å². The maximum Gasteiger partial charge on any atom is 0.306 e. The average molecular weight is 561 g/mol. The Kier molecular flexibility index (Phi) is 8.84. The van der Waals surface area contributed by atoms with E-state index in [0.717, 1.165) is 10.7 Å². The second-order valence-corrected chi connectivity index (χ2v) is 10.7. The Hall–Kier alpha value is -4.24. The molecule has 8 nitrogen and oxygen atoms in total. The Morgan fingerprint density at radius 2 is 1.88 bits per heavy atom. The number of fused-ring (bicyclic) bond motifs is 1. The van der Waals surface area contributed by atoms with Gasteiger partial charge in [0.1, 0.15) is 18.1 Å². The van der Waals surface area contributed by atoms with Crippen LogP contribution in [-0.2, 0) is 17.8 Å². The average Bonchev–Trinajstić information content (AvgIpc) is 3.50. The standard InChI is InChI=1S/C31H32N2O6S/c1-6-7-21(31(36)37)14-25-27(29(34)18(2)3)26-15-24(39-16-22-17-40-19(4)32-22)12-13-33(26)28(25)30(35)20-8-10-23(38-5)11-9-20/h8-13,15,17,21H,2,6-7,14,16H2,1,3-5H3,(H,36,37). The van der Waals surface area contributed by atoms with Gasteiger partial charge in [0.2, 0.25) is 5.78 Å². The van der Waals surface area contributed by atoms with Gasteiger partial charge in [-0.1, -0.05) is 19.9 Å². The van der Waals surface area contributed by atoms with Crippen molar-refractivity contribution < 1.29 is 29.0 Å². The van der Waals surface area contributed by atoms with Crippen LogP contribution in [0.15, 0.2) is 60.1 Å². The molecule has 1 N–H and O–H groups in total. The summed E-state index contributed by atoms with van der Waals surface area (Å²) in [7, 11) is 1.54. The number of pyridine rings is 1. The number of methoxy groups -OCH3 is 1. The van der Waals surface area contributed by atoms with Gasteiger partial charge in [0.25, 0.3) is 0 Å². The molecular weight excluding hydrogens is 528 g/mol. The van der Waals surface area contributed by atoms with Gasteiger partial charge in [-0.3, -0.25) is 14.4 Å². The molecular formula is C31H32N2O6S. The first-order chi connectivity index (χ1) is 19.1. The molecule has 3 heterocycles. The number of carbonyl (C=O) groups excluding carboxylic acids is 2. The maximum atomic E-state index is 14.0. The second kappa shape index (κ2) is 12.3. The first kappa shape index (κ1) is 28.8. The highest BCUT2D eigenvalue weighted by Crippen LogP contribution is 2.33.